The smallest absolute Gasteiger partial charge is 0.0656 e. The highest BCUT2D eigenvalue weighted by molar-refractivity contribution is 4.96. The second-order valence-corrected chi connectivity index (χ2v) is 4.68. The predicted molar refractivity (Wildman–Crippen MR) is 52.1 cm³/mol. The first-order valence-corrected chi connectivity index (χ1v) is 5.45. The Hall–Kier alpha value is -0.550. The number of nitrogens with one attached hydrogen (secondary N) is 1. The van der Waals surface area contributed by atoms with Gasteiger partial charge in [-0.05, 0) is 31.6 Å². The van der Waals surface area contributed by atoms with Crippen LogP contribution >= 0.6 is 0 Å². The summed E-state index contributed by atoms with van der Waals surface area (Å²) >= 11 is 0. The van der Waals surface area contributed by atoms with Crippen molar-refractivity contribution in [2.24, 2.45) is 11.8 Å². The molecule has 4 atom stereocenters. The molecule has 0 aromatic heterocycles. The molecule has 0 bridgehead atoms. The number of hydrogen-bond acceptors (Lipinski definition) is 2. The minimum Gasteiger partial charge on any atom is -0.311 e. The topological polar surface area (TPSA) is 35.8 Å². The summed E-state index contributed by atoms with van der Waals surface area (Å²) in [6.45, 7) is 2.29. The van der Waals surface area contributed by atoms with E-state index >= 15 is 0 Å². The van der Waals surface area contributed by atoms with Gasteiger partial charge in [0.25, 0.3) is 0 Å². The highest BCUT2D eigenvalue weighted by Gasteiger charge is 2.35. The molecule has 2 unspecified atom stereocenters. The fourth-order valence-electron chi connectivity index (χ4n) is 2.32. The van der Waals surface area contributed by atoms with Crippen LogP contribution in [-0.2, 0) is 0 Å². The third-order valence-corrected chi connectivity index (χ3v) is 3.42. The molecule has 0 aromatic rings. The van der Waals surface area contributed by atoms with Crippen LogP contribution in [0.1, 0.15) is 39.0 Å². The number of nitrogens with zero attached hydrogens (tertiary/aromatic N) is 1. The van der Waals surface area contributed by atoms with Gasteiger partial charge in [0, 0.05) is 18.0 Å². The molecule has 0 radical (unpaired) electrons. The average molecular weight is 178 g/mol. The number of nitriles is 1. The Morgan fingerprint density at radius 3 is 2.69 bits per heavy atom. The van der Waals surface area contributed by atoms with Crippen molar-refractivity contribution in [3.8, 4) is 6.07 Å². The van der Waals surface area contributed by atoms with Crippen LogP contribution in [0.15, 0.2) is 0 Å². The lowest BCUT2D eigenvalue weighted by Gasteiger charge is -2.26. The third kappa shape index (κ3) is 2.22. The van der Waals surface area contributed by atoms with Crippen LogP contribution in [-0.4, -0.2) is 12.1 Å². The molecule has 2 heteroatoms. The van der Waals surface area contributed by atoms with Crippen molar-refractivity contribution >= 4 is 0 Å². The van der Waals surface area contributed by atoms with Crippen molar-refractivity contribution in [2.75, 3.05) is 0 Å². The Bertz CT molecular complexity index is 219. The molecule has 0 heterocycles. The van der Waals surface area contributed by atoms with Crippen LogP contribution in [0.5, 0.6) is 0 Å². The van der Waals surface area contributed by atoms with E-state index in [-0.39, 0.29) is 0 Å². The van der Waals surface area contributed by atoms with E-state index < -0.39 is 0 Å². The van der Waals surface area contributed by atoms with Crippen LogP contribution in [0.2, 0.25) is 0 Å². The predicted octanol–water partition coefficient (Wildman–Crippen LogP) is 2.07. The highest BCUT2D eigenvalue weighted by Crippen LogP contribution is 2.32. The highest BCUT2D eigenvalue weighted by atomic mass is 15.0. The van der Waals surface area contributed by atoms with Gasteiger partial charge in [0.2, 0.25) is 0 Å². The van der Waals surface area contributed by atoms with Crippen LogP contribution in [0.4, 0.5) is 0 Å². The Kier molecular flexibility index (Phi) is 2.55. The Balaban J connectivity index is 1.76. The molecular formula is C11H18N2. The monoisotopic (exact) mass is 178 g/mol. The normalized spacial score (nSPS) is 44.0. The summed E-state index contributed by atoms with van der Waals surface area (Å²) in [5.74, 6) is 1.20. The van der Waals surface area contributed by atoms with Crippen molar-refractivity contribution in [1.29, 1.82) is 5.26 Å². The summed E-state index contributed by atoms with van der Waals surface area (Å²) in [7, 11) is 0. The molecule has 2 fully saturated rings. The molecule has 0 aromatic carbocycles. The SMILES string of the molecule is C[C@@H]1C[C@H]1NC1CCCC(C#N)C1. The molecule has 2 aliphatic rings. The third-order valence-electron chi connectivity index (χ3n) is 3.42. The Morgan fingerprint density at radius 1 is 1.31 bits per heavy atom. The molecular weight excluding hydrogens is 160 g/mol. The molecule has 2 saturated carbocycles. The lowest BCUT2D eigenvalue weighted by molar-refractivity contribution is 0.323. The van der Waals surface area contributed by atoms with Gasteiger partial charge in [-0.1, -0.05) is 13.3 Å². The summed E-state index contributed by atoms with van der Waals surface area (Å²) < 4.78 is 0. The van der Waals surface area contributed by atoms with E-state index in [1.807, 2.05) is 0 Å². The largest absolute Gasteiger partial charge is 0.311 e. The van der Waals surface area contributed by atoms with Gasteiger partial charge >= 0.3 is 0 Å². The Morgan fingerprint density at radius 2 is 2.08 bits per heavy atom. The van der Waals surface area contributed by atoms with Gasteiger partial charge in [-0.25, -0.2) is 0 Å². The van der Waals surface area contributed by atoms with E-state index in [2.05, 4.69) is 18.3 Å². The van der Waals surface area contributed by atoms with Crippen molar-refractivity contribution < 1.29 is 0 Å². The maximum absolute atomic E-state index is 8.83. The van der Waals surface area contributed by atoms with Gasteiger partial charge in [-0.2, -0.15) is 5.26 Å². The summed E-state index contributed by atoms with van der Waals surface area (Å²) in [6.07, 6.45) is 6.06. The van der Waals surface area contributed by atoms with Crippen LogP contribution in [0, 0.1) is 23.2 Å². The second-order valence-electron chi connectivity index (χ2n) is 4.68. The van der Waals surface area contributed by atoms with Gasteiger partial charge in [-0.3, -0.25) is 0 Å². The van der Waals surface area contributed by atoms with Crippen molar-refractivity contribution in [2.45, 2.75) is 51.1 Å². The lowest BCUT2D eigenvalue weighted by atomic mass is 9.86. The first-order valence-electron chi connectivity index (χ1n) is 5.45. The molecule has 0 aliphatic heterocycles. The molecule has 2 nitrogen and oxygen atoms in total. The lowest BCUT2D eigenvalue weighted by Crippen LogP contribution is -2.35. The minimum atomic E-state index is 0.320. The molecule has 72 valence electrons. The van der Waals surface area contributed by atoms with E-state index in [4.69, 9.17) is 5.26 Å². The number of hydrogen-bond donors (Lipinski definition) is 1. The first-order chi connectivity index (χ1) is 6.29. The molecule has 0 saturated heterocycles. The van der Waals surface area contributed by atoms with E-state index in [0.29, 0.717) is 12.0 Å². The molecule has 2 aliphatic carbocycles. The second kappa shape index (κ2) is 3.67. The first kappa shape index (κ1) is 9.02. The van der Waals surface area contributed by atoms with E-state index in [9.17, 15) is 0 Å². The van der Waals surface area contributed by atoms with Crippen molar-refractivity contribution in [3.05, 3.63) is 0 Å². The maximum Gasteiger partial charge on any atom is 0.0656 e. The zero-order valence-corrected chi connectivity index (χ0v) is 8.29. The Labute approximate surface area is 80.3 Å². The molecule has 1 N–H and O–H groups in total. The zero-order valence-electron chi connectivity index (χ0n) is 8.29. The fraction of sp³-hybridized carbons (Fsp3) is 0.909. The molecule has 0 amide bonds. The summed E-state index contributed by atoms with van der Waals surface area (Å²) in [4.78, 5) is 0. The molecule has 13 heavy (non-hydrogen) atoms. The van der Waals surface area contributed by atoms with Gasteiger partial charge < -0.3 is 5.32 Å². The fourth-order valence-corrected chi connectivity index (χ4v) is 2.32. The number of rotatable bonds is 2. The van der Waals surface area contributed by atoms with E-state index in [1.165, 1.54) is 19.3 Å². The van der Waals surface area contributed by atoms with Crippen LogP contribution in [0.3, 0.4) is 0 Å². The van der Waals surface area contributed by atoms with Gasteiger partial charge in [-0.15, -0.1) is 0 Å². The van der Waals surface area contributed by atoms with Gasteiger partial charge in [0.05, 0.1) is 6.07 Å². The summed E-state index contributed by atoms with van der Waals surface area (Å²) in [5, 5.41) is 12.5. The minimum absolute atomic E-state index is 0.320. The summed E-state index contributed by atoms with van der Waals surface area (Å²) in [5.41, 5.74) is 0. The van der Waals surface area contributed by atoms with Crippen LogP contribution in [0.25, 0.3) is 0 Å². The molecule has 2 rings (SSSR count). The zero-order chi connectivity index (χ0) is 9.26. The standard InChI is InChI=1S/C11H18N2/c1-8-5-11(8)13-10-4-2-3-9(6-10)7-12/h8-11,13H,2-6H2,1H3/t8-,9?,10?,11-/m1/s1. The quantitative estimate of drug-likeness (QED) is 0.702. The van der Waals surface area contributed by atoms with E-state index in [1.54, 1.807) is 0 Å². The molecule has 0 spiro atoms. The summed E-state index contributed by atoms with van der Waals surface area (Å²) in [6, 6.07) is 3.80. The average Bonchev–Trinajstić information content (AvgIpc) is 2.82. The maximum atomic E-state index is 8.83. The van der Waals surface area contributed by atoms with Gasteiger partial charge in [0.1, 0.15) is 0 Å². The van der Waals surface area contributed by atoms with Crippen molar-refractivity contribution in [3.63, 3.8) is 0 Å². The van der Waals surface area contributed by atoms with Crippen molar-refractivity contribution in [1.82, 2.24) is 5.32 Å². The van der Waals surface area contributed by atoms with Crippen LogP contribution < -0.4 is 5.32 Å². The van der Waals surface area contributed by atoms with Gasteiger partial charge in [0.15, 0.2) is 0 Å². The van der Waals surface area contributed by atoms with E-state index in [0.717, 1.165) is 24.8 Å².